The van der Waals surface area contributed by atoms with Crippen molar-refractivity contribution in [1.29, 1.82) is 0 Å². The maximum absolute atomic E-state index is 11.3. The monoisotopic (exact) mass is 350 g/mol. The molecule has 1 aromatic rings. The SMILES string of the molecule is COC(=O)CCC/C=C\Cc1c(C=O)nn(CCCCCCO)c1C. The minimum absolute atomic E-state index is 0.187. The zero-order valence-corrected chi connectivity index (χ0v) is 15.4. The number of nitrogens with zero attached hydrogens (tertiary/aromatic N) is 2. The van der Waals surface area contributed by atoms with E-state index in [0.29, 0.717) is 18.5 Å². The fourth-order valence-electron chi connectivity index (χ4n) is 2.68. The van der Waals surface area contributed by atoms with Gasteiger partial charge in [0.15, 0.2) is 6.29 Å². The standard InChI is InChI=1S/C19H30N2O4/c1-16-17(11-7-3-4-8-12-19(24)25-2)18(15-23)20-21(16)13-9-5-6-10-14-22/h3,7,15,22H,4-6,8-14H2,1-2H3/b7-3-. The maximum Gasteiger partial charge on any atom is 0.305 e. The Bertz CT molecular complexity index is 564. The highest BCUT2D eigenvalue weighted by atomic mass is 16.5. The molecule has 1 rings (SSSR count). The first kappa shape index (κ1) is 21.1. The van der Waals surface area contributed by atoms with Crippen molar-refractivity contribution in [2.45, 2.75) is 64.8 Å². The van der Waals surface area contributed by atoms with Crippen LogP contribution in [0.1, 0.15) is 66.7 Å². The van der Waals surface area contributed by atoms with Crippen LogP contribution in [0, 0.1) is 6.92 Å². The number of hydrogen-bond acceptors (Lipinski definition) is 5. The van der Waals surface area contributed by atoms with Crippen molar-refractivity contribution < 1.29 is 19.4 Å². The summed E-state index contributed by atoms with van der Waals surface area (Å²) in [4.78, 5) is 22.3. The number of rotatable bonds is 13. The maximum atomic E-state index is 11.3. The first-order valence-electron chi connectivity index (χ1n) is 8.98. The third-order valence-corrected chi connectivity index (χ3v) is 4.22. The zero-order chi connectivity index (χ0) is 18.5. The van der Waals surface area contributed by atoms with Crippen molar-refractivity contribution in [3.8, 4) is 0 Å². The van der Waals surface area contributed by atoms with Gasteiger partial charge in [-0.05, 0) is 39.0 Å². The van der Waals surface area contributed by atoms with Crippen LogP contribution in [-0.4, -0.2) is 40.9 Å². The van der Waals surface area contributed by atoms with E-state index in [1.165, 1.54) is 7.11 Å². The number of hydrogen-bond donors (Lipinski definition) is 1. The van der Waals surface area contributed by atoms with E-state index in [1.54, 1.807) is 0 Å². The van der Waals surface area contributed by atoms with Crippen molar-refractivity contribution in [3.63, 3.8) is 0 Å². The predicted molar refractivity (Wildman–Crippen MR) is 96.6 cm³/mol. The van der Waals surface area contributed by atoms with Gasteiger partial charge in [0.05, 0.1) is 7.11 Å². The Hall–Kier alpha value is -1.95. The van der Waals surface area contributed by atoms with Crippen molar-refractivity contribution in [3.05, 3.63) is 29.1 Å². The summed E-state index contributed by atoms with van der Waals surface area (Å²) < 4.78 is 6.51. The van der Waals surface area contributed by atoms with E-state index in [2.05, 4.69) is 9.84 Å². The van der Waals surface area contributed by atoms with E-state index >= 15 is 0 Å². The van der Waals surface area contributed by atoms with Crippen molar-refractivity contribution in [1.82, 2.24) is 9.78 Å². The number of ether oxygens (including phenoxy) is 1. The lowest BCUT2D eigenvalue weighted by Gasteiger charge is -2.04. The smallest absolute Gasteiger partial charge is 0.305 e. The number of aliphatic hydroxyl groups is 1. The summed E-state index contributed by atoms with van der Waals surface area (Å²) in [5, 5.41) is 13.2. The first-order valence-corrected chi connectivity index (χ1v) is 8.98. The first-order chi connectivity index (χ1) is 12.1. The molecule has 1 aromatic heterocycles. The highest BCUT2D eigenvalue weighted by Crippen LogP contribution is 2.15. The number of esters is 1. The Kier molecular flexibility index (Phi) is 10.5. The number of aromatic nitrogens is 2. The van der Waals surface area contributed by atoms with Crippen LogP contribution in [0.5, 0.6) is 0 Å². The van der Waals surface area contributed by atoms with Crippen LogP contribution in [0.25, 0.3) is 0 Å². The van der Waals surface area contributed by atoms with Crippen LogP contribution >= 0.6 is 0 Å². The molecule has 6 nitrogen and oxygen atoms in total. The van der Waals surface area contributed by atoms with Gasteiger partial charge in [-0.15, -0.1) is 0 Å². The lowest BCUT2D eigenvalue weighted by atomic mass is 10.1. The molecule has 0 aromatic carbocycles. The number of aryl methyl sites for hydroxylation is 1. The average molecular weight is 350 g/mol. The molecule has 0 aliphatic carbocycles. The van der Waals surface area contributed by atoms with Gasteiger partial charge >= 0.3 is 5.97 Å². The third-order valence-electron chi connectivity index (χ3n) is 4.22. The summed E-state index contributed by atoms with van der Waals surface area (Å²) in [5.41, 5.74) is 2.50. The molecule has 0 saturated carbocycles. The Labute approximate surface area is 149 Å². The van der Waals surface area contributed by atoms with Gasteiger partial charge in [0.25, 0.3) is 0 Å². The zero-order valence-electron chi connectivity index (χ0n) is 15.4. The number of aldehydes is 1. The van der Waals surface area contributed by atoms with Crippen LogP contribution in [-0.2, 0) is 22.5 Å². The summed E-state index contributed by atoms with van der Waals surface area (Å²) in [6.07, 6.45) is 11.4. The lowest BCUT2D eigenvalue weighted by molar-refractivity contribution is -0.140. The molecule has 1 N–H and O–H groups in total. The molecule has 6 heteroatoms. The largest absolute Gasteiger partial charge is 0.469 e. The minimum atomic E-state index is -0.187. The molecular formula is C19H30N2O4. The van der Waals surface area contributed by atoms with Crippen molar-refractivity contribution in [2.24, 2.45) is 0 Å². The van der Waals surface area contributed by atoms with Crippen molar-refractivity contribution in [2.75, 3.05) is 13.7 Å². The van der Waals surface area contributed by atoms with Gasteiger partial charge in [0.2, 0.25) is 0 Å². The Morgan fingerprint density at radius 3 is 2.64 bits per heavy atom. The molecule has 0 aliphatic heterocycles. The van der Waals surface area contributed by atoms with Gasteiger partial charge in [0, 0.05) is 30.8 Å². The van der Waals surface area contributed by atoms with E-state index in [9.17, 15) is 9.59 Å². The molecular weight excluding hydrogens is 320 g/mol. The lowest BCUT2D eigenvalue weighted by Crippen LogP contribution is -2.03. The van der Waals surface area contributed by atoms with Gasteiger partial charge in [-0.25, -0.2) is 0 Å². The van der Waals surface area contributed by atoms with Crippen LogP contribution in [0.4, 0.5) is 0 Å². The fraction of sp³-hybridized carbons (Fsp3) is 0.632. The van der Waals surface area contributed by atoms with Gasteiger partial charge in [-0.3, -0.25) is 14.3 Å². The fourth-order valence-corrected chi connectivity index (χ4v) is 2.68. The van der Waals surface area contributed by atoms with Gasteiger partial charge in [-0.2, -0.15) is 5.10 Å². The Balaban J connectivity index is 2.49. The number of carbonyl (C=O) groups excluding carboxylic acids is 2. The second kappa shape index (κ2) is 12.4. The quantitative estimate of drug-likeness (QED) is 0.256. The van der Waals surface area contributed by atoms with Crippen LogP contribution in [0.3, 0.4) is 0 Å². The molecule has 25 heavy (non-hydrogen) atoms. The van der Waals surface area contributed by atoms with Crippen LogP contribution in [0.2, 0.25) is 0 Å². The van der Waals surface area contributed by atoms with Gasteiger partial charge in [0.1, 0.15) is 5.69 Å². The minimum Gasteiger partial charge on any atom is -0.469 e. The number of carbonyl (C=O) groups is 2. The number of unbranched alkanes of at least 4 members (excludes halogenated alkanes) is 4. The molecule has 0 fully saturated rings. The molecule has 0 saturated heterocycles. The molecule has 0 unspecified atom stereocenters. The number of methoxy groups -OCH3 is 1. The molecule has 0 atom stereocenters. The number of aliphatic hydroxyl groups excluding tert-OH is 1. The summed E-state index contributed by atoms with van der Waals surface area (Å²) in [7, 11) is 1.40. The van der Waals surface area contributed by atoms with E-state index in [0.717, 1.165) is 62.6 Å². The Morgan fingerprint density at radius 1 is 1.20 bits per heavy atom. The van der Waals surface area contributed by atoms with E-state index in [1.807, 2.05) is 23.8 Å². The van der Waals surface area contributed by atoms with Crippen molar-refractivity contribution >= 4 is 12.3 Å². The second-order valence-corrected chi connectivity index (χ2v) is 6.07. The summed E-state index contributed by atoms with van der Waals surface area (Å²) in [6.45, 7) is 3.03. The summed E-state index contributed by atoms with van der Waals surface area (Å²) >= 11 is 0. The summed E-state index contributed by atoms with van der Waals surface area (Å²) in [5.74, 6) is -0.187. The van der Waals surface area contributed by atoms with E-state index in [-0.39, 0.29) is 12.6 Å². The Morgan fingerprint density at radius 2 is 1.96 bits per heavy atom. The molecule has 0 amide bonds. The molecule has 1 heterocycles. The van der Waals surface area contributed by atoms with E-state index in [4.69, 9.17) is 5.11 Å². The van der Waals surface area contributed by atoms with Gasteiger partial charge < -0.3 is 9.84 Å². The highest BCUT2D eigenvalue weighted by Gasteiger charge is 2.12. The van der Waals surface area contributed by atoms with Gasteiger partial charge in [-0.1, -0.05) is 25.0 Å². The topological polar surface area (TPSA) is 81.4 Å². The molecule has 0 aliphatic rings. The molecule has 0 radical (unpaired) electrons. The highest BCUT2D eigenvalue weighted by molar-refractivity contribution is 5.74. The second-order valence-electron chi connectivity index (χ2n) is 6.07. The average Bonchev–Trinajstić information content (AvgIpc) is 2.93. The molecule has 140 valence electrons. The summed E-state index contributed by atoms with van der Waals surface area (Å²) in [6, 6.07) is 0. The predicted octanol–water partition coefficient (Wildman–Crippen LogP) is 3.00. The van der Waals surface area contributed by atoms with E-state index < -0.39 is 0 Å². The number of allylic oxidation sites excluding steroid dienone is 2. The van der Waals surface area contributed by atoms with Crippen LogP contribution in [0.15, 0.2) is 12.2 Å². The van der Waals surface area contributed by atoms with Crippen LogP contribution < -0.4 is 0 Å². The molecule has 0 spiro atoms. The molecule has 0 bridgehead atoms. The third kappa shape index (κ3) is 7.65. The normalized spacial score (nSPS) is 11.2.